The normalized spacial score (nSPS) is 21.3. The molecule has 2 aliphatic rings. The van der Waals surface area contributed by atoms with E-state index in [1.807, 2.05) is 9.21 Å². The minimum Gasteiger partial charge on any atom is -0.337 e. The molecule has 0 radical (unpaired) electrons. The van der Waals surface area contributed by atoms with Crippen molar-refractivity contribution in [1.82, 2.24) is 14.2 Å². The summed E-state index contributed by atoms with van der Waals surface area (Å²) >= 11 is 0. The standard InChI is InChI=1S/C15H21N3O2S/c1-2-12-10-18(11-12)21(20)14-7-5-6-13(16-14)15(19)17-8-3-4-9-17/h5-7,12H,2-4,8-11H2,1H3. The highest BCUT2D eigenvalue weighted by atomic mass is 32.2. The molecule has 1 aromatic heterocycles. The number of carbonyl (C=O) groups excluding carboxylic acids is 1. The van der Waals surface area contributed by atoms with Gasteiger partial charge in [0.25, 0.3) is 5.91 Å². The largest absolute Gasteiger partial charge is 0.337 e. The maximum absolute atomic E-state index is 12.4. The van der Waals surface area contributed by atoms with E-state index in [9.17, 15) is 9.00 Å². The summed E-state index contributed by atoms with van der Waals surface area (Å²) in [5, 5.41) is 0.495. The lowest BCUT2D eigenvalue weighted by atomic mass is 10.0. The summed E-state index contributed by atoms with van der Waals surface area (Å²) in [5.41, 5.74) is 0.412. The Hall–Kier alpha value is -1.27. The van der Waals surface area contributed by atoms with E-state index in [2.05, 4.69) is 11.9 Å². The highest BCUT2D eigenvalue weighted by molar-refractivity contribution is 7.82. The van der Waals surface area contributed by atoms with Gasteiger partial charge >= 0.3 is 0 Å². The van der Waals surface area contributed by atoms with Crippen LogP contribution < -0.4 is 0 Å². The highest BCUT2D eigenvalue weighted by Gasteiger charge is 2.31. The molecule has 0 aromatic carbocycles. The highest BCUT2D eigenvalue weighted by Crippen LogP contribution is 2.23. The number of amides is 1. The van der Waals surface area contributed by atoms with Gasteiger partial charge in [0.15, 0.2) is 0 Å². The van der Waals surface area contributed by atoms with Crippen LogP contribution in [0.5, 0.6) is 0 Å². The minimum absolute atomic E-state index is 0.0404. The van der Waals surface area contributed by atoms with E-state index < -0.39 is 11.0 Å². The molecule has 1 atom stereocenters. The number of rotatable bonds is 4. The number of aromatic nitrogens is 1. The summed E-state index contributed by atoms with van der Waals surface area (Å²) in [5.74, 6) is 0.602. The fraction of sp³-hybridized carbons (Fsp3) is 0.600. The molecule has 114 valence electrons. The van der Waals surface area contributed by atoms with Crippen LogP contribution in [0.3, 0.4) is 0 Å². The average molecular weight is 307 g/mol. The summed E-state index contributed by atoms with van der Waals surface area (Å²) in [4.78, 5) is 18.5. The zero-order valence-electron chi connectivity index (χ0n) is 12.3. The third kappa shape index (κ3) is 3.01. The Kier molecular flexibility index (Phi) is 4.35. The monoisotopic (exact) mass is 307 g/mol. The molecule has 1 unspecified atom stereocenters. The predicted octanol–water partition coefficient (Wildman–Crippen LogP) is 1.68. The van der Waals surface area contributed by atoms with Crippen molar-refractivity contribution in [2.45, 2.75) is 31.2 Å². The SMILES string of the molecule is CCC1CN(S(=O)c2cccc(C(=O)N3CCCC3)n2)C1. The van der Waals surface area contributed by atoms with Gasteiger partial charge in [0.1, 0.15) is 21.7 Å². The van der Waals surface area contributed by atoms with Gasteiger partial charge in [-0.2, -0.15) is 0 Å². The lowest BCUT2D eigenvalue weighted by Crippen LogP contribution is -2.47. The molecule has 21 heavy (non-hydrogen) atoms. The Morgan fingerprint density at radius 1 is 1.33 bits per heavy atom. The second kappa shape index (κ2) is 6.23. The van der Waals surface area contributed by atoms with Crippen molar-refractivity contribution < 1.29 is 9.00 Å². The van der Waals surface area contributed by atoms with Crippen molar-refractivity contribution in [3.8, 4) is 0 Å². The third-order valence-electron chi connectivity index (χ3n) is 4.25. The maximum atomic E-state index is 12.4. The van der Waals surface area contributed by atoms with E-state index in [0.717, 1.165) is 45.4 Å². The van der Waals surface area contributed by atoms with Gasteiger partial charge in [0.05, 0.1) is 0 Å². The van der Waals surface area contributed by atoms with E-state index >= 15 is 0 Å². The van der Waals surface area contributed by atoms with E-state index in [0.29, 0.717) is 16.6 Å². The molecular formula is C15H21N3O2S. The maximum Gasteiger partial charge on any atom is 0.272 e. The number of hydrogen-bond donors (Lipinski definition) is 0. The van der Waals surface area contributed by atoms with Gasteiger partial charge in [0, 0.05) is 26.2 Å². The van der Waals surface area contributed by atoms with Crippen LogP contribution in [0, 0.1) is 5.92 Å². The first-order chi connectivity index (χ1) is 10.2. The lowest BCUT2D eigenvalue weighted by Gasteiger charge is -2.36. The topological polar surface area (TPSA) is 53.5 Å². The van der Waals surface area contributed by atoms with Crippen LogP contribution in [0.2, 0.25) is 0 Å². The van der Waals surface area contributed by atoms with Gasteiger partial charge in [-0.3, -0.25) is 4.79 Å². The Balaban J connectivity index is 1.71. The molecule has 0 aliphatic carbocycles. The molecule has 1 amide bonds. The lowest BCUT2D eigenvalue weighted by molar-refractivity contribution is 0.0786. The molecule has 1 aromatic rings. The van der Waals surface area contributed by atoms with E-state index in [1.54, 1.807) is 18.2 Å². The van der Waals surface area contributed by atoms with Crippen LogP contribution in [-0.2, 0) is 11.0 Å². The van der Waals surface area contributed by atoms with Crippen LogP contribution in [0.25, 0.3) is 0 Å². The van der Waals surface area contributed by atoms with Crippen molar-refractivity contribution in [3.63, 3.8) is 0 Å². The first-order valence-corrected chi connectivity index (χ1v) is 8.73. The number of likely N-dealkylation sites (tertiary alicyclic amines) is 1. The van der Waals surface area contributed by atoms with E-state index in [1.165, 1.54) is 0 Å². The fourth-order valence-corrected chi connectivity index (χ4v) is 4.09. The quantitative estimate of drug-likeness (QED) is 0.850. The van der Waals surface area contributed by atoms with Crippen molar-refractivity contribution in [1.29, 1.82) is 0 Å². The van der Waals surface area contributed by atoms with Crippen LogP contribution in [0.15, 0.2) is 23.2 Å². The molecule has 0 saturated carbocycles. The molecule has 2 saturated heterocycles. The summed E-state index contributed by atoms with van der Waals surface area (Å²) in [7, 11) is -1.24. The molecular weight excluding hydrogens is 286 g/mol. The minimum atomic E-state index is -1.24. The predicted molar refractivity (Wildman–Crippen MR) is 81.1 cm³/mol. The molecule has 3 heterocycles. The average Bonchev–Trinajstić information content (AvgIpc) is 2.99. The molecule has 2 aliphatic heterocycles. The Bertz CT molecular complexity index is 552. The molecule has 0 N–H and O–H groups in total. The van der Waals surface area contributed by atoms with Gasteiger partial charge in [0.2, 0.25) is 0 Å². The summed E-state index contributed by atoms with van der Waals surface area (Å²) in [6.45, 7) is 5.47. The van der Waals surface area contributed by atoms with E-state index in [-0.39, 0.29) is 5.91 Å². The summed E-state index contributed by atoms with van der Waals surface area (Å²) in [6, 6.07) is 5.24. The van der Waals surface area contributed by atoms with Gasteiger partial charge in [-0.1, -0.05) is 19.4 Å². The van der Waals surface area contributed by atoms with E-state index in [4.69, 9.17) is 0 Å². The second-order valence-corrected chi connectivity index (χ2v) is 7.16. The molecule has 3 rings (SSSR count). The number of nitrogens with zero attached hydrogens (tertiary/aromatic N) is 3. The Labute approximate surface area is 127 Å². The summed E-state index contributed by atoms with van der Waals surface area (Å²) < 4.78 is 14.4. The number of pyridine rings is 1. The molecule has 5 nitrogen and oxygen atoms in total. The molecule has 0 spiro atoms. The van der Waals surface area contributed by atoms with Crippen molar-refractivity contribution in [2.75, 3.05) is 26.2 Å². The van der Waals surface area contributed by atoms with Gasteiger partial charge in [-0.05, 0) is 30.9 Å². The Morgan fingerprint density at radius 3 is 2.71 bits per heavy atom. The van der Waals surface area contributed by atoms with Crippen LogP contribution in [0.4, 0.5) is 0 Å². The zero-order chi connectivity index (χ0) is 14.8. The first-order valence-electron chi connectivity index (χ1n) is 7.62. The van der Waals surface area contributed by atoms with Gasteiger partial charge < -0.3 is 4.90 Å². The number of hydrogen-bond acceptors (Lipinski definition) is 3. The summed E-state index contributed by atoms with van der Waals surface area (Å²) in [6.07, 6.45) is 3.24. The van der Waals surface area contributed by atoms with Crippen molar-refractivity contribution in [3.05, 3.63) is 23.9 Å². The number of carbonyl (C=O) groups is 1. The van der Waals surface area contributed by atoms with Gasteiger partial charge in [-0.25, -0.2) is 13.5 Å². The zero-order valence-corrected chi connectivity index (χ0v) is 13.1. The van der Waals surface area contributed by atoms with Gasteiger partial charge in [-0.15, -0.1) is 0 Å². The third-order valence-corrected chi connectivity index (χ3v) is 5.60. The molecule has 0 bridgehead atoms. The first kappa shape index (κ1) is 14.7. The molecule has 2 fully saturated rings. The molecule has 6 heteroatoms. The van der Waals surface area contributed by atoms with Crippen LogP contribution in [0.1, 0.15) is 36.7 Å². The van der Waals surface area contributed by atoms with Crippen LogP contribution in [-0.4, -0.2) is 50.5 Å². The fourth-order valence-electron chi connectivity index (χ4n) is 2.76. The Morgan fingerprint density at radius 2 is 2.05 bits per heavy atom. The second-order valence-electron chi connectivity index (χ2n) is 5.73. The van der Waals surface area contributed by atoms with Crippen LogP contribution >= 0.6 is 0 Å². The van der Waals surface area contributed by atoms with Crippen molar-refractivity contribution in [2.24, 2.45) is 5.92 Å². The smallest absolute Gasteiger partial charge is 0.272 e. The van der Waals surface area contributed by atoms with Crippen molar-refractivity contribution >= 4 is 16.9 Å².